The molecule has 0 spiro atoms. The summed E-state index contributed by atoms with van der Waals surface area (Å²) in [5, 5.41) is 12.0. The van der Waals surface area contributed by atoms with Crippen LogP contribution in [0.3, 0.4) is 0 Å². The highest BCUT2D eigenvalue weighted by Crippen LogP contribution is 2.53. The van der Waals surface area contributed by atoms with Gasteiger partial charge in [-0.25, -0.2) is 0 Å². The van der Waals surface area contributed by atoms with E-state index in [4.69, 9.17) is 0 Å². The fourth-order valence-electron chi connectivity index (χ4n) is 4.05. The first kappa shape index (κ1) is 17.0. The molecule has 0 saturated carbocycles. The molecule has 26 heavy (non-hydrogen) atoms. The molecule has 0 amide bonds. The molecule has 0 aliphatic carbocycles. The Bertz CT molecular complexity index is 838. The molecule has 2 nitrogen and oxygen atoms in total. The van der Waals surface area contributed by atoms with Crippen molar-refractivity contribution in [2.45, 2.75) is 31.5 Å². The number of hydrogen-bond donors (Lipinski definition) is 1. The third kappa shape index (κ3) is 2.76. The number of aliphatic hydroxyl groups is 1. The molecule has 1 fully saturated rings. The van der Waals surface area contributed by atoms with Gasteiger partial charge in [0.25, 0.3) is 0 Å². The topological polar surface area (TPSA) is 23.2 Å². The molecule has 1 saturated heterocycles. The van der Waals surface area contributed by atoms with Crippen molar-refractivity contribution in [2.75, 3.05) is 7.05 Å². The van der Waals surface area contributed by atoms with E-state index in [1.807, 2.05) is 6.07 Å². The minimum atomic E-state index is -1.04. The Balaban J connectivity index is 1.81. The molecule has 0 bridgehead atoms. The number of nitrogens with zero attached hydrogens (tertiary/aromatic N) is 1. The first-order valence-corrected chi connectivity index (χ1v) is 9.15. The summed E-state index contributed by atoms with van der Waals surface area (Å²) in [5.41, 5.74) is 4.49. The lowest BCUT2D eigenvalue weighted by Gasteiger charge is -2.30. The lowest BCUT2D eigenvalue weighted by Crippen LogP contribution is -2.35. The highest BCUT2D eigenvalue weighted by Gasteiger charge is 2.59. The molecule has 3 atom stereocenters. The first-order valence-electron chi connectivity index (χ1n) is 9.15. The molecule has 3 unspecified atom stereocenters. The number of hydrogen-bond acceptors (Lipinski definition) is 2. The minimum absolute atomic E-state index is 0.00955. The Kier molecular flexibility index (Phi) is 4.18. The molecule has 1 N–H and O–H groups in total. The zero-order valence-electron chi connectivity index (χ0n) is 15.6. The van der Waals surface area contributed by atoms with E-state index in [0.717, 1.165) is 11.1 Å². The molecule has 2 heteroatoms. The normalized spacial score (nSPS) is 22.2. The number of aryl methyl sites for hydroxylation is 2. The van der Waals surface area contributed by atoms with Crippen LogP contribution in [0.1, 0.15) is 33.9 Å². The number of likely N-dealkylation sites (N-methyl/N-ethyl adjacent to an activating group) is 1. The lowest BCUT2D eigenvalue weighted by molar-refractivity contribution is 0.0662. The summed E-state index contributed by atoms with van der Waals surface area (Å²) in [6, 6.07) is 27.2. The van der Waals surface area contributed by atoms with Gasteiger partial charge in [-0.05, 0) is 37.6 Å². The van der Waals surface area contributed by atoms with Crippen LogP contribution >= 0.6 is 0 Å². The maximum atomic E-state index is 12.0. The van der Waals surface area contributed by atoms with Crippen LogP contribution in [0.5, 0.6) is 0 Å². The summed E-state index contributed by atoms with van der Waals surface area (Å²) in [4.78, 5) is 2.26. The highest BCUT2D eigenvalue weighted by atomic mass is 16.3. The molecular formula is C24H25NO. The second-order valence-corrected chi connectivity index (χ2v) is 7.46. The highest BCUT2D eigenvalue weighted by molar-refractivity contribution is 5.45. The van der Waals surface area contributed by atoms with E-state index >= 15 is 0 Å². The van der Waals surface area contributed by atoms with Crippen LogP contribution in [0.2, 0.25) is 0 Å². The van der Waals surface area contributed by atoms with Crippen molar-refractivity contribution in [3.05, 3.63) is 107 Å². The summed E-state index contributed by atoms with van der Waals surface area (Å²) in [7, 11) is 2.09. The molecule has 0 radical (unpaired) electrons. The molecule has 0 aromatic heterocycles. The molecule has 3 aromatic carbocycles. The van der Waals surface area contributed by atoms with Gasteiger partial charge in [-0.2, -0.15) is 0 Å². The zero-order chi connectivity index (χ0) is 18.3. The predicted molar refractivity (Wildman–Crippen MR) is 106 cm³/mol. The average molecular weight is 343 g/mol. The summed E-state index contributed by atoms with van der Waals surface area (Å²) in [6.45, 7) is 4.15. The summed E-state index contributed by atoms with van der Waals surface area (Å²) >= 11 is 0. The van der Waals surface area contributed by atoms with Crippen LogP contribution in [0.25, 0.3) is 0 Å². The molecule has 1 aliphatic rings. The van der Waals surface area contributed by atoms with E-state index in [-0.39, 0.29) is 12.1 Å². The Morgan fingerprint density at radius 3 is 1.65 bits per heavy atom. The van der Waals surface area contributed by atoms with Crippen LogP contribution in [0.15, 0.2) is 78.9 Å². The van der Waals surface area contributed by atoms with E-state index in [9.17, 15) is 5.11 Å². The Morgan fingerprint density at radius 2 is 1.19 bits per heavy atom. The van der Waals surface area contributed by atoms with Crippen molar-refractivity contribution in [1.29, 1.82) is 0 Å². The first-order chi connectivity index (χ1) is 12.5. The molecule has 4 rings (SSSR count). The Hall–Kier alpha value is -2.42. The van der Waals surface area contributed by atoms with Crippen molar-refractivity contribution < 1.29 is 5.11 Å². The van der Waals surface area contributed by atoms with E-state index in [0.29, 0.717) is 0 Å². The van der Waals surface area contributed by atoms with Crippen LogP contribution in [0.4, 0.5) is 0 Å². The van der Waals surface area contributed by atoms with Crippen molar-refractivity contribution in [2.24, 2.45) is 0 Å². The summed E-state index contributed by atoms with van der Waals surface area (Å²) < 4.78 is 0. The van der Waals surface area contributed by atoms with Crippen LogP contribution in [0, 0.1) is 13.8 Å². The largest absolute Gasteiger partial charge is 0.379 e. The van der Waals surface area contributed by atoms with Gasteiger partial charge < -0.3 is 5.11 Å². The fraction of sp³-hybridized carbons (Fsp3) is 0.250. The van der Waals surface area contributed by atoms with Crippen LogP contribution < -0.4 is 0 Å². The van der Waals surface area contributed by atoms with Crippen LogP contribution in [-0.4, -0.2) is 23.1 Å². The fourth-order valence-corrected chi connectivity index (χ4v) is 4.05. The third-order valence-corrected chi connectivity index (χ3v) is 5.64. The second kappa shape index (κ2) is 6.39. The van der Waals surface area contributed by atoms with Gasteiger partial charge in [0.05, 0.1) is 12.1 Å². The third-order valence-electron chi connectivity index (χ3n) is 5.64. The van der Waals surface area contributed by atoms with E-state index < -0.39 is 5.60 Å². The van der Waals surface area contributed by atoms with Gasteiger partial charge in [0.1, 0.15) is 5.60 Å². The van der Waals surface area contributed by atoms with Crippen molar-refractivity contribution in [3.8, 4) is 0 Å². The van der Waals surface area contributed by atoms with Crippen molar-refractivity contribution in [3.63, 3.8) is 0 Å². The Labute approximate surface area is 155 Å². The molecule has 1 aliphatic heterocycles. The second-order valence-electron chi connectivity index (χ2n) is 7.46. The van der Waals surface area contributed by atoms with Gasteiger partial charge >= 0.3 is 0 Å². The molecule has 3 aromatic rings. The lowest BCUT2D eigenvalue weighted by atomic mass is 9.81. The smallest absolute Gasteiger partial charge is 0.132 e. The monoisotopic (exact) mass is 343 g/mol. The van der Waals surface area contributed by atoms with E-state index in [2.05, 4.69) is 98.6 Å². The standard InChI is InChI=1S/C24H25NO/c1-17-9-13-20(14-10-17)24(26,21-15-11-18(2)12-16-21)23-22(25(23)3)19-7-5-4-6-8-19/h4-16,22-23,26H,1-3H3. The number of rotatable bonds is 4. The Morgan fingerprint density at radius 1 is 0.731 bits per heavy atom. The van der Waals surface area contributed by atoms with Crippen LogP contribution in [-0.2, 0) is 5.60 Å². The quantitative estimate of drug-likeness (QED) is 0.700. The maximum Gasteiger partial charge on any atom is 0.132 e. The SMILES string of the molecule is Cc1ccc(C(O)(c2ccc(C)cc2)C2C(c3ccccc3)N2C)cc1. The van der Waals surface area contributed by atoms with Crippen molar-refractivity contribution >= 4 is 0 Å². The van der Waals surface area contributed by atoms with Gasteiger partial charge in [-0.3, -0.25) is 4.90 Å². The summed E-state index contributed by atoms with van der Waals surface area (Å²) in [5.74, 6) is 0. The van der Waals surface area contributed by atoms with Gasteiger partial charge in [0.2, 0.25) is 0 Å². The molecular weight excluding hydrogens is 318 g/mol. The van der Waals surface area contributed by atoms with Gasteiger partial charge in [0.15, 0.2) is 0 Å². The maximum absolute atomic E-state index is 12.0. The van der Waals surface area contributed by atoms with Gasteiger partial charge in [-0.1, -0.05) is 90.0 Å². The van der Waals surface area contributed by atoms with E-state index in [1.165, 1.54) is 16.7 Å². The predicted octanol–water partition coefficient (Wildman–Crippen LogP) is 4.59. The van der Waals surface area contributed by atoms with Gasteiger partial charge in [0, 0.05) is 0 Å². The van der Waals surface area contributed by atoms with Crippen molar-refractivity contribution in [1.82, 2.24) is 4.90 Å². The number of benzene rings is 3. The van der Waals surface area contributed by atoms with E-state index in [1.54, 1.807) is 0 Å². The van der Waals surface area contributed by atoms with Gasteiger partial charge in [-0.15, -0.1) is 0 Å². The zero-order valence-corrected chi connectivity index (χ0v) is 15.6. The minimum Gasteiger partial charge on any atom is -0.379 e. The molecule has 132 valence electrons. The average Bonchev–Trinajstić information content (AvgIpc) is 3.34. The molecule has 1 heterocycles. The summed E-state index contributed by atoms with van der Waals surface area (Å²) in [6.07, 6.45) is 0.